The van der Waals surface area contributed by atoms with E-state index in [0.717, 1.165) is 12.8 Å². The predicted octanol–water partition coefficient (Wildman–Crippen LogP) is 6.63. The van der Waals surface area contributed by atoms with Crippen molar-refractivity contribution in [1.82, 2.24) is 0 Å². The Bertz CT molecular complexity index is 1050. The molecule has 0 amide bonds. The van der Waals surface area contributed by atoms with Crippen LogP contribution in [0.5, 0.6) is 0 Å². The highest BCUT2D eigenvalue weighted by Gasteiger charge is 2.40. The molecule has 3 aromatic rings. The number of rotatable bonds is 0. The van der Waals surface area contributed by atoms with Crippen molar-refractivity contribution in [3.8, 4) is 11.1 Å². The Hall–Kier alpha value is -2.60. The maximum atomic E-state index is 2.44. The summed E-state index contributed by atoms with van der Waals surface area (Å²) in [4.78, 5) is 0. The third-order valence-electron chi connectivity index (χ3n) is 5.85. The van der Waals surface area contributed by atoms with Gasteiger partial charge in [-0.05, 0) is 65.3 Å². The van der Waals surface area contributed by atoms with E-state index in [-0.39, 0.29) is 5.41 Å². The van der Waals surface area contributed by atoms with E-state index in [0.29, 0.717) is 0 Å². The smallest absolute Gasteiger partial charge is 0.0575 e. The van der Waals surface area contributed by atoms with E-state index in [1.807, 2.05) is 0 Å². The van der Waals surface area contributed by atoms with Crippen LogP contribution in [0.3, 0.4) is 0 Å². The first-order valence-electron chi connectivity index (χ1n) is 9.20. The molecule has 0 unspecified atom stereocenters. The number of allylic oxidation sites excluding steroid dienone is 4. The zero-order valence-corrected chi connectivity index (χ0v) is 14.8. The molecule has 122 valence electrons. The van der Waals surface area contributed by atoms with Crippen LogP contribution in [0, 0.1) is 13.8 Å². The zero-order chi connectivity index (χ0) is 17.0. The lowest BCUT2D eigenvalue weighted by molar-refractivity contribution is 0.842. The second-order valence-electron chi connectivity index (χ2n) is 7.46. The molecule has 0 saturated carbocycles. The number of benzene rings is 3. The quantitative estimate of drug-likeness (QED) is 0.407. The summed E-state index contributed by atoms with van der Waals surface area (Å²) in [5.41, 5.74) is 8.29. The minimum atomic E-state index is -0.109. The molecule has 0 radical (unpaired) electrons. The van der Waals surface area contributed by atoms with Gasteiger partial charge in [-0.3, -0.25) is 0 Å². The Labute approximate surface area is 149 Å². The van der Waals surface area contributed by atoms with Crippen molar-refractivity contribution in [3.63, 3.8) is 0 Å². The largest absolute Gasteiger partial charge is 0.0867 e. The maximum absolute atomic E-state index is 2.44. The summed E-state index contributed by atoms with van der Waals surface area (Å²) in [7, 11) is 0. The molecule has 5 rings (SSSR count). The Morgan fingerprint density at radius 3 is 2.24 bits per heavy atom. The predicted molar refractivity (Wildman–Crippen MR) is 107 cm³/mol. The third kappa shape index (κ3) is 1.94. The van der Waals surface area contributed by atoms with Gasteiger partial charge in [-0.1, -0.05) is 78.4 Å². The fraction of sp³-hybridized carbons (Fsp3) is 0.200. The highest BCUT2D eigenvalue weighted by atomic mass is 14.4. The van der Waals surface area contributed by atoms with Crippen molar-refractivity contribution in [2.45, 2.75) is 32.1 Å². The van der Waals surface area contributed by atoms with E-state index in [1.165, 1.54) is 44.2 Å². The van der Waals surface area contributed by atoms with E-state index < -0.39 is 0 Å². The molecule has 0 atom stereocenters. The van der Waals surface area contributed by atoms with Crippen LogP contribution in [0.4, 0.5) is 0 Å². The second-order valence-corrected chi connectivity index (χ2v) is 7.46. The van der Waals surface area contributed by atoms with Crippen LogP contribution in [0.1, 0.15) is 35.1 Å². The van der Waals surface area contributed by atoms with Crippen molar-refractivity contribution in [3.05, 3.63) is 95.1 Å². The zero-order valence-electron chi connectivity index (χ0n) is 14.8. The molecule has 25 heavy (non-hydrogen) atoms. The van der Waals surface area contributed by atoms with Crippen LogP contribution >= 0.6 is 0 Å². The van der Waals surface area contributed by atoms with Gasteiger partial charge in [0.05, 0.1) is 5.41 Å². The monoisotopic (exact) mass is 322 g/mol. The normalized spacial score (nSPS) is 16.9. The van der Waals surface area contributed by atoms with E-state index in [4.69, 9.17) is 0 Å². The van der Waals surface area contributed by atoms with E-state index >= 15 is 0 Å². The topological polar surface area (TPSA) is 0 Å². The molecule has 0 bridgehead atoms. The van der Waals surface area contributed by atoms with Gasteiger partial charge in [0.15, 0.2) is 0 Å². The summed E-state index contributed by atoms with van der Waals surface area (Å²) in [6, 6.07) is 18.2. The van der Waals surface area contributed by atoms with Gasteiger partial charge in [0, 0.05) is 0 Å². The molecule has 3 aromatic carbocycles. The van der Waals surface area contributed by atoms with Gasteiger partial charge < -0.3 is 0 Å². The number of hydrogen-bond acceptors (Lipinski definition) is 0. The summed E-state index contributed by atoms with van der Waals surface area (Å²) < 4.78 is 0. The van der Waals surface area contributed by atoms with Crippen LogP contribution in [0.2, 0.25) is 0 Å². The molecule has 0 saturated heterocycles. The van der Waals surface area contributed by atoms with Crippen molar-refractivity contribution in [1.29, 1.82) is 0 Å². The van der Waals surface area contributed by atoms with Gasteiger partial charge in [-0.15, -0.1) is 0 Å². The van der Waals surface area contributed by atoms with E-state index in [2.05, 4.69) is 86.7 Å². The average molecular weight is 322 g/mol. The first-order chi connectivity index (χ1) is 12.2. The Morgan fingerprint density at radius 2 is 1.48 bits per heavy atom. The summed E-state index contributed by atoms with van der Waals surface area (Å²) in [5.74, 6) is 0. The number of fused-ring (bicyclic) bond motifs is 7. The van der Waals surface area contributed by atoms with Gasteiger partial charge in [0.1, 0.15) is 0 Å². The Balaban J connectivity index is 1.99. The van der Waals surface area contributed by atoms with Crippen LogP contribution in [-0.4, -0.2) is 0 Å². The van der Waals surface area contributed by atoms with Crippen molar-refractivity contribution < 1.29 is 0 Å². The molecule has 0 heteroatoms. The second kappa shape index (κ2) is 5.20. The number of hydrogen-bond donors (Lipinski definition) is 0. The summed E-state index contributed by atoms with van der Waals surface area (Å²) >= 11 is 0. The molecule has 2 aliphatic rings. The SMILES string of the molecule is Cc1ccc2c(c1)C1(C=CCCC=C1)c1cc(C)c3ccccc3c1-2. The van der Waals surface area contributed by atoms with Crippen LogP contribution in [-0.2, 0) is 5.41 Å². The maximum Gasteiger partial charge on any atom is 0.0575 e. The van der Waals surface area contributed by atoms with Gasteiger partial charge >= 0.3 is 0 Å². The molecular formula is C25H22. The first kappa shape index (κ1) is 14.7. The molecule has 0 heterocycles. The molecule has 0 nitrogen and oxygen atoms in total. The van der Waals surface area contributed by atoms with E-state index in [1.54, 1.807) is 0 Å². The lowest BCUT2D eigenvalue weighted by atomic mass is 9.76. The highest BCUT2D eigenvalue weighted by molar-refractivity contribution is 6.04. The fourth-order valence-electron chi connectivity index (χ4n) is 4.68. The summed E-state index contributed by atoms with van der Waals surface area (Å²) in [5, 5.41) is 2.75. The molecule has 0 N–H and O–H groups in total. The van der Waals surface area contributed by atoms with Crippen molar-refractivity contribution >= 4 is 10.8 Å². The van der Waals surface area contributed by atoms with Gasteiger partial charge in [0.2, 0.25) is 0 Å². The molecule has 0 fully saturated rings. The van der Waals surface area contributed by atoms with Crippen molar-refractivity contribution in [2.75, 3.05) is 0 Å². The van der Waals surface area contributed by atoms with Gasteiger partial charge in [-0.25, -0.2) is 0 Å². The molecular weight excluding hydrogens is 300 g/mol. The Morgan fingerprint density at radius 1 is 0.760 bits per heavy atom. The first-order valence-corrected chi connectivity index (χ1v) is 9.20. The standard InChI is InChI=1S/C25H22/c1-17-11-12-21-22(15-17)25(13-7-3-4-8-14-25)23-16-18(2)19-9-5-6-10-20(19)24(21)23/h5-16H,3-4H2,1-2H3. The van der Waals surface area contributed by atoms with Crippen LogP contribution < -0.4 is 0 Å². The van der Waals surface area contributed by atoms with Crippen LogP contribution in [0.25, 0.3) is 21.9 Å². The minimum absolute atomic E-state index is 0.109. The van der Waals surface area contributed by atoms with E-state index in [9.17, 15) is 0 Å². The van der Waals surface area contributed by atoms with Crippen LogP contribution in [0.15, 0.2) is 72.8 Å². The fourth-order valence-corrected chi connectivity index (χ4v) is 4.68. The minimum Gasteiger partial charge on any atom is -0.0867 e. The summed E-state index contributed by atoms with van der Waals surface area (Å²) in [6.07, 6.45) is 11.9. The molecule has 0 aromatic heterocycles. The van der Waals surface area contributed by atoms with Gasteiger partial charge in [0.25, 0.3) is 0 Å². The Kier molecular flexibility index (Phi) is 3.06. The molecule has 1 spiro atoms. The van der Waals surface area contributed by atoms with Crippen molar-refractivity contribution in [2.24, 2.45) is 0 Å². The lowest BCUT2D eigenvalue weighted by Gasteiger charge is -2.25. The molecule has 0 aliphatic heterocycles. The average Bonchev–Trinajstić information content (AvgIpc) is 2.78. The third-order valence-corrected chi connectivity index (χ3v) is 5.85. The summed E-state index contributed by atoms with van der Waals surface area (Å²) in [6.45, 7) is 4.44. The molecule has 2 aliphatic carbocycles. The number of aryl methyl sites for hydroxylation is 2. The highest BCUT2D eigenvalue weighted by Crippen LogP contribution is 2.54. The lowest BCUT2D eigenvalue weighted by Crippen LogP contribution is -2.19. The van der Waals surface area contributed by atoms with Gasteiger partial charge in [-0.2, -0.15) is 0 Å².